The summed E-state index contributed by atoms with van der Waals surface area (Å²) in [6, 6.07) is 3.25. The highest BCUT2D eigenvalue weighted by molar-refractivity contribution is 7.89. The quantitative estimate of drug-likeness (QED) is 0.816. The maximum Gasteiger partial charge on any atom is 0.244 e. The second-order valence-corrected chi connectivity index (χ2v) is 8.22. The van der Waals surface area contributed by atoms with Gasteiger partial charge in [0.2, 0.25) is 10.0 Å². The van der Waals surface area contributed by atoms with E-state index in [1.165, 1.54) is 6.20 Å². The van der Waals surface area contributed by atoms with Gasteiger partial charge < -0.3 is 9.47 Å². The minimum absolute atomic E-state index is 0.0862. The van der Waals surface area contributed by atoms with Crippen molar-refractivity contribution in [3.8, 4) is 0 Å². The van der Waals surface area contributed by atoms with Crippen molar-refractivity contribution in [2.75, 3.05) is 32.9 Å². The molecule has 2 aliphatic heterocycles. The molecule has 2 saturated heterocycles. The Bertz CT molecular complexity index is 622. The lowest BCUT2D eigenvalue weighted by molar-refractivity contribution is -0.141. The molecule has 1 aromatic heterocycles. The second-order valence-electron chi connectivity index (χ2n) is 6.28. The van der Waals surface area contributed by atoms with Gasteiger partial charge in [-0.05, 0) is 38.3 Å². The first kappa shape index (κ1) is 16.8. The van der Waals surface area contributed by atoms with Gasteiger partial charge in [0.1, 0.15) is 4.90 Å². The van der Waals surface area contributed by atoms with Crippen LogP contribution in [0.25, 0.3) is 0 Å². The van der Waals surface area contributed by atoms with Gasteiger partial charge in [-0.25, -0.2) is 8.42 Å². The molecule has 0 saturated carbocycles. The summed E-state index contributed by atoms with van der Waals surface area (Å²) in [4.78, 5) is 4.19. The average molecular weight is 340 g/mol. The standard InChI is InChI=1S/C16H24N2O4S/c1-2-21-13-16-7-4-10-22-15(16)6-9-18(12-16)23(19,20)14-5-3-8-17-11-14/h3,5,8,11,15H,2,4,6-7,9-10,12-13H2,1H3/t15-,16+/m1/s1. The van der Waals surface area contributed by atoms with E-state index in [9.17, 15) is 8.42 Å². The summed E-state index contributed by atoms with van der Waals surface area (Å²) >= 11 is 0. The Hall–Kier alpha value is -1.02. The molecule has 0 N–H and O–H groups in total. The Morgan fingerprint density at radius 1 is 1.52 bits per heavy atom. The van der Waals surface area contributed by atoms with Crippen molar-refractivity contribution in [3.05, 3.63) is 24.5 Å². The average Bonchev–Trinajstić information content (AvgIpc) is 2.60. The van der Waals surface area contributed by atoms with Crippen LogP contribution in [0.3, 0.4) is 0 Å². The summed E-state index contributed by atoms with van der Waals surface area (Å²) < 4.78 is 39.0. The number of nitrogens with zero attached hydrogens (tertiary/aromatic N) is 2. The molecule has 7 heteroatoms. The van der Waals surface area contributed by atoms with E-state index in [4.69, 9.17) is 9.47 Å². The third kappa shape index (κ3) is 3.28. The molecule has 0 radical (unpaired) electrons. The first-order valence-corrected chi connectivity index (χ1v) is 9.62. The SMILES string of the molecule is CCOC[C@@]12CCCO[C@@H]1CCN(S(=O)(=O)c1cccnc1)C2. The fourth-order valence-corrected chi connectivity index (χ4v) is 5.14. The molecule has 23 heavy (non-hydrogen) atoms. The molecule has 1 aromatic rings. The van der Waals surface area contributed by atoms with Crippen molar-refractivity contribution in [2.24, 2.45) is 5.41 Å². The molecular formula is C16H24N2O4S. The van der Waals surface area contributed by atoms with E-state index >= 15 is 0 Å². The number of fused-ring (bicyclic) bond motifs is 1. The molecule has 3 rings (SSSR count). The van der Waals surface area contributed by atoms with Crippen molar-refractivity contribution < 1.29 is 17.9 Å². The predicted molar refractivity (Wildman–Crippen MR) is 85.5 cm³/mol. The number of hydrogen-bond acceptors (Lipinski definition) is 5. The van der Waals surface area contributed by atoms with Gasteiger partial charge in [-0.2, -0.15) is 4.31 Å². The van der Waals surface area contributed by atoms with Crippen LogP contribution in [-0.2, 0) is 19.5 Å². The molecule has 2 atom stereocenters. The number of piperidine rings is 1. The maximum absolute atomic E-state index is 12.9. The van der Waals surface area contributed by atoms with Gasteiger partial charge >= 0.3 is 0 Å². The van der Waals surface area contributed by atoms with Crippen molar-refractivity contribution in [1.29, 1.82) is 0 Å². The highest BCUT2D eigenvalue weighted by Gasteiger charge is 2.48. The van der Waals surface area contributed by atoms with E-state index in [2.05, 4.69) is 4.98 Å². The van der Waals surface area contributed by atoms with Crippen LogP contribution in [0.4, 0.5) is 0 Å². The van der Waals surface area contributed by atoms with Crippen LogP contribution < -0.4 is 0 Å². The van der Waals surface area contributed by atoms with E-state index in [-0.39, 0.29) is 16.4 Å². The zero-order valence-electron chi connectivity index (χ0n) is 13.5. The molecule has 3 heterocycles. The van der Waals surface area contributed by atoms with E-state index in [0.29, 0.717) is 32.7 Å². The Balaban J connectivity index is 1.85. The Labute approximate surface area is 137 Å². The number of hydrogen-bond donors (Lipinski definition) is 0. The van der Waals surface area contributed by atoms with Crippen molar-refractivity contribution >= 4 is 10.0 Å². The first-order chi connectivity index (χ1) is 11.1. The largest absolute Gasteiger partial charge is 0.381 e. The van der Waals surface area contributed by atoms with Gasteiger partial charge in [0.15, 0.2) is 0 Å². The minimum atomic E-state index is -3.52. The lowest BCUT2D eigenvalue weighted by Gasteiger charge is -2.49. The van der Waals surface area contributed by atoms with Gasteiger partial charge in [0, 0.05) is 44.1 Å². The van der Waals surface area contributed by atoms with Gasteiger partial charge in [0.05, 0.1) is 12.7 Å². The molecule has 0 spiro atoms. The zero-order chi connectivity index (χ0) is 16.3. The third-order valence-electron chi connectivity index (χ3n) is 4.82. The number of pyridine rings is 1. The van der Waals surface area contributed by atoms with Crippen molar-refractivity contribution in [2.45, 2.75) is 37.2 Å². The van der Waals surface area contributed by atoms with Crippen LogP contribution in [0.1, 0.15) is 26.2 Å². The van der Waals surface area contributed by atoms with E-state index in [1.54, 1.807) is 22.6 Å². The molecular weight excluding hydrogens is 316 g/mol. The number of rotatable bonds is 5. The second kappa shape index (κ2) is 6.84. The first-order valence-electron chi connectivity index (χ1n) is 8.18. The number of aromatic nitrogens is 1. The van der Waals surface area contributed by atoms with Crippen molar-refractivity contribution in [1.82, 2.24) is 9.29 Å². The summed E-state index contributed by atoms with van der Waals surface area (Å²) in [6.07, 6.45) is 5.68. The summed E-state index contributed by atoms with van der Waals surface area (Å²) in [5.74, 6) is 0. The molecule has 2 aliphatic rings. The smallest absolute Gasteiger partial charge is 0.244 e. The maximum atomic E-state index is 12.9. The van der Waals surface area contributed by atoms with Crippen LogP contribution in [0.15, 0.2) is 29.4 Å². The lowest BCUT2D eigenvalue weighted by Crippen LogP contribution is -2.58. The third-order valence-corrected chi connectivity index (χ3v) is 6.65. The topological polar surface area (TPSA) is 68.7 Å². The highest BCUT2D eigenvalue weighted by atomic mass is 32.2. The van der Waals surface area contributed by atoms with Gasteiger partial charge in [-0.15, -0.1) is 0 Å². The van der Waals surface area contributed by atoms with E-state index in [1.807, 2.05) is 6.92 Å². The van der Waals surface area contributed by atoms with Crippen LogP contribution in [0.2, 0.25) is 0 Å². The van der Waals surface area contributed by atoms with Crippen molar-refractivity contribution in [3.63, 3.8) is 0 Å². The van der Waals surface area contributed by atoms with Gasteiger partial charge in [-0.1, -0.05) is 0 Å². The molecule has 0 amide bonds. The van der Waals surface area contributed by atoms with Gasteiger partial charge in [0.25, 0.3) is 0 Å². The monoisotopic (exact) mass is 340 g/mol. The molecule has 0 aliphatic carbocycles. The molecule has 6 nitrogen and oxygen atoms in total. The molecule has 2 fully saturated rings. The molecule has 0 unspecified atom stereocenters. The fraction of sp³-hybridized carbons (Fsp3) is 0.688. The Morgan fingerprint density at radius 3 is 3.13 bits per heavy atom. The number of sulfonamides is 1. The van der Waals surface area contributed by atoms with Crippen LogP contribution in [0.5, 0.6) is 0 Å². The Morgan fingerprint density at radius 2 is 2.39 bits per heavy atom. The van der Waals surface area contributed by atoms with E-state index < -0.39 is 10.0 Å². The molecule has 128 valence electrons. The molecule has 0 aromatic carbocycles. The summed E-state index contributed by atoms with van der Waals surface area (Å²) in [7, 11) is -3.52. The Kier molecular flexibility index (Phi) is 5.01. The minimum Gasteiger partial charge on any atom is -0.381 e. The highest BCUT2D eigenvalue weighted by Crippen LogP contribution is 2.41. The number of ether oxygens (including phenoxy) is 2. The van der Waals surface area contributed by atoms with Gasteiger partial charge in [-0.3, -0.25) is 4.98 Å². The lowest BCUT2D eigenvalue weighted by atomic mass is 9.73. The summed E-state index contributed by atoms with van der Waals surface area (Å²) in [6.45, 7) is 4.83. The van der Waals surface area contributed by atoms with E-state index in [0.717, 1.165) is 19.4 Å². The molecule has 0 bridgehead atoms. The predicted octanol–water partition coefficient (Wildman–Crippen LogP) is 1.68. The van der Waals surface area contributed by atoms with Crippen LogP contribution >= 0.6 is 0 Å². The van der Waals surface area contributed by atoms with Crippen LogP contribution in [-0.4, -0.2) is 56.7 Å². The fourth-order valence-electron chi connectivity index (χ4n) is 3.62. The normalized spacial score (nSPS) is 29.2. The summed E-state index contributed by atoms with van der Waals surface area (Å²) in [5, 5.41) is 0. The summed E-state index contributed by atoms with van der Waals surface area (Å²) in [5.41, 5.74) is -0.234. The zero-order valence-corrected chi connectivity index (χ0v) is 14.3. The van der Waals surface area contributed by atoms with Crippen LogP contribution in [0, 0.1) is 5.41 Å².